The second-order valence-electron chi connectivity index (χ2n) is 5.91. The van der Waals surface area contributed by atoms with Crippen molar-refractivity contribution in [3.8, 4) is 11.4 Å². The molecule has 2 aromatic heterocycles. The van der Waals surface area contributed by atoms with Gasteiger partial charge in [0.05, 0.1) is 23.5 Å². The number of carbonyl (C=O) groups excluding carboxylic acids is 1. The Morgan fingerprint density at radius 1 is 1.42 bits per heavy atom. The van der Waals surface area contributed by atoms with Crippen molar-refractivity contribution in [2.45, 2.75) is 12.8 Å². The molecule has 0 radical (unpaired) electrons. The summed E-state index contributed by atoms with van der Waals surface area (Å²) in [6.45, 7) is 1.20. The zero-order valence-corrected chi connectivity index (χ0v) is 13.8. The van der Waals surface area contributed by atoms with Crippen molar-refractivity contribution in [2.75, 3.05) is 18.0 Å². The Balaban J connectivity index is 1.75. The molecule has 3 heterocycles. The number of hydrogen-bond acceptors (Lipinski definition) is 5. The molecule has 1 aliphatic heterocycles. The van der Waals surface area contributed by atoms with Crippen LogP contribution in [-0.4, -0.2) is 51.1 Å². The first kappa shape index (κ1) is 17.6. The molecule has 0 saturated carbocycles. The van der Waals surface area contributed by atoms with Crippen molar-refractivity contribution >= 4 is 23.5 Å². The molecule has 0 aromatic carbocycles. The van der Waals surface area contributed by atoms with E-state index in [1.165, 1.54) is 12.4 Å². The van der Waals surface area contributed by atoms with Crippen molar-refractivity contribution in [3.63, 3.8) is 0 Å². The minimum Gasteiger partial charge on any atom is -0.369 e. The number of amides is 1. The molecule has 10 heteroatoms. The minimum atomic E-state index is -2.71. The number of primary amides is 1. The number of anilines is 1. The molecule has 1 amide bonds. The van der Waals surface area contributed by atoms with Crippen LogP contribution in [0.15, 0.2) is 24.7 Å². The summed E-state index contributed by atoms with van der Waals surface area (Å²) in [5, 5.41) is 5.18. The van der Waals surface area contributed by atoms with Gasteiger partial charge in [-0.2, -0.15) is 8.78 Å². The zero-order chi connectivity index (χ0) is 18.7. The van der Waals surface area contributed by atoms with E-state index in [4.69, 9.17) is 11.1 Å². The van der Waals surface area contributed by atoms with Crippen LogP contribution < -0.4 is 16.0 Å². The number of hydrogen-bond donors (Lipinski definition) is 3. The number of aromatic amines is 1. The third-order valence-electron chi connectivity index (χ3n) is 4.12. The smallest absolute Gasteiger partial charge is 0.320 e. The molecular weight excluding hydrogens is 344 g/mol. The Hall–Kier alpha value is -3.17. The van der Waals surface area contributed by atoms with Crippen molar-refractivity contribution in [2.24, 2.45) is 11.7 Å². The number of imidazole rings is 1. The summed E-state index contributed by atoms with van der Waals surface area (Å²) < 4.78 is 24.8. The maximum absolute atomic E-state index is 12.4. The van der Waals surface area contributed by atoms with Gasteiger partial charge in [0.15, 0.2) is 0 Å². The van der Waals surface area contributed by atoms with Crippen molar-refractivity contribution < 1.29 is 19.0 Å². The molecule has 8 nitrogen and oxygen atoms in total. The monoisotopic (exact) mass is 362 g/mol. The van der Waals surface area contributed by atoms with Gasteiger partial charge in [-0.3, -0.25) is 10.2 Å². The van der Waals surface area contributed by atoms with Gasteiger partial charge < -0.3 is 15.6 Å². The fraction of sp³-hybridized carbons (Fsp3) is 0.312. The van der Waals surface area contributed by atoms with Crippen molar-refractivity contribution in [1.82, 2.24) is 19.9 Å². The molecule has 1 aliphatic rings. The Morgan fingerprint density at radius 3 is 2.92 bits per heavy atom. The Morgan fingerprint density at radius 2 is 2.23 bits per heavy atom. The van der Waals surface area contributed by atoms with Crippen LogP contribution in [0.5, 0.6) is 0 Å². The lowest BCUT2D eigenvalue weighted by atomic mass is 10.1. The lowest BCUT2D eigenvalue weighted by molar-refractivity contribution is -0.124. The SMILES string of the molecule is NC(=O)C1CCN(c2cc(-c3cnc(/C=C\C(=[NH2+])C(F)F)[nH]3)ncn2)C1. The number of allylic oxidation sites excluding steroid dienone is 1. The highest BCUT2D eigenvalue weighted by Gasteiger charge is 2.27. The molecule has 5 N–H and O–H groups in total. The van der Waals surface area contributed by atoms with Crippen molar-refractivity contribution in [3.05, 3.63) is 30.5 Å². The van der Waals surface area contributed by atoms with Crippen LogP contribution in [-0.2, 0) is 4.79 Å². The number of alkyl halides is 2. The van der Waals surface area contributed by atoms with Gasteiger partial charge in [0, 0.05) is 25.2 Å². The van der Waals surface area contributed by atoms with Gasteiger partial charge in [0.2, 0.25) is 11.6 Å². The van der Waals surface area contributed by atoms with E-state index < -0.39 is 12.1 Å². The number of carbonyl (C=O) groups is 1. The van der Waals surface area contributed by atoms with E-state index in [0.717, 1.165) is 6.08 Å². The number of H-pyrrole nitrogens is 1. The molecule has 2 aromatic rings. The highest BCUT2D eigenvalue weighted by Crippen LogP contribution is 2.24. The Kier molecular flexibility index (Phi) is 5.01. The van der Waals surface area contributed by atoms with Gasteiger partial charge >= 0.3 is 6.43 Å². The molecule has 0 bridgehead atoms. The average Bonchev–Trinajstić information content (AvgIpc) is 3.29. The zero-order valence-electron chi connectivity index (χ0n) is 13.8. The first-order valence-corrected chi connectivity index (χ1v) is 7.94. The van der Waals surface area contributed by atoms with Crippen LogP contribution >= 0.6 is 0 Å². The Bertz CT molecular complexity index is 849. The maximum atomic E-state index is 12.4. The molecule has 1 fully saturated rings. The summed E-state index contributed by atoms with van der Waals surface area (Å²) >= 11 is 0. The summed E-state index contributed by atoms with van der Waals surface area (Å²) in [6.07, 6.45) is 3.41. The van der Waals surface area contributed by atoms with E-state index in [-0.39, 0.29) is 11.8 Å². The van der Waals surface area contributed by atoms with Gasteiger partial charge in [0.25, 0.3) is 0 Å². The molecule has 136 valence electrons. The van der Waals surface area contributed by atoms with Crippen LogP contribution in [0.1, 0.15) is 12.2 Å². The van der Waals surface area contributed by atoms with Gasteiger partial charge in [-0.25, -0.2) is 15.0 Å². The van der Waals surface area contributed by atoms with Crippen LogP contribution in [0, 0.1) is 5.92 Å². The van der Waals surface area contributed by atoms with Crippen LogP contribution in [0.25, 0.3) is 17.5 Å². The molecule has 0 spiro atoms. The van der Waals surface area contributed by atoms with Gasteiger partial charge in [-0.1, -0.05) is 0 Å². The molecule has 1 unspecified atom stereocenters. The third kappa shape index (κ3) is 3.90. The molecule has 1 saturated heterocycles. The fourth-order valence-corrected chi connectivity index (χ4v) is 2.67. The summed E-state index contributed by atoms with van der Waals surface area (Å²) in [4.78, 5) is 28.8. The Labute approximate surface area is 147 Å². The summed E-state index contributed by atoms with van der Waals surface area (Å²) in [5.41, 5.74) is 6.02. The second-order valence-corrected chi connectivity index (χ2v) is 5.91. The number of halogens is 2. The van der Waals surface area contributed by atoms with Gasteiger partial charge in [-0.15, -0.1) is 0 Å². The number of rotatable bonds is 6. The predicted molar refractivity (Wildman–Crippen MR) is 91.1 cm³/mol. The van der Waals surface area contributed by atoms with E-state index in [2.05, 4.69) is 19.9 Å². The minimum absolute atomic E-state index is 0.186. The number of aromatic nitrogens is 4. The van der Waals surface area contributed by atoms with Gasteiger partial charge in [0.1, 0.15) is 18.0 Å². The first-order chi connectivity index (χ1) is 12.4. The van der Waals surface area contributed by atoms with Crippen LogP contribution in [0.3, 0.4) is 0 Å². The lowest BCUT2D eigenvalue weighted by Crippen LogP contribution is -2.42. The van der Waals surface area contributed by atoms with Crippen LogP contribution in [0.4, 0.5) is 14.6 Å². The quantitative estimate of drug-likeness (QED) is 0.606. The third-order valence-corrected chi connectivity index (χ3v) is 4.12. The lowest BCUT2D eigenvalue weighted by Gasteiger charge is -2.16. The fourth-order valence-electron chi connectivity index (χ4n) is 2.67. The van der Waals surface area contributed by atoms with E-state index in [1.54, 1.807) is 12.3 Å². The molecule has 1 atom stereocenters. The standard InChI is InChI=1S/C16H17F2N7O/c17-15(18)10(19)1-2-13-21-6-12(24-13)11-5-14(23-8-22-11)25-4-3-9(7-25)16(20)26/h1-2,5-6,8-9,15,19H,3-4,7H2,(H2,20,26)(H,21,24)/p+1/b2-1-,19-10?. The molecular formula is C16H18F2N7O+. The molecule has 0 aliphatic carbocycles. The van der Waals surface area contributed by atoms with E-state index in [1.807, 2.05) is 4.90 Å². The normalized spacial score (nSPS) is 17.3. The van der Waals surface area contributed by atoms with E-state index in [9.17, 15) is 13.6 Å². The highest BCUT2D eigenvalue weighted by molar-refractivity contribution is 5.95. The highest BCUT2D eigenvalue weighted by atomic mass is 19.3. The topological polar surface area (TPSA) is 126 Å². The number of nitrogens with zero attached hydrogens (tertiary/aromatic N) is 4. The number of nitrogens with one attached hydrogen (secondary N) is 1. The van der Waals surface area contributed by atoms with Crippen LogP contribution in [0.2, 0.25) is 0 Å². The average molecular weight is 362 g/mol. The largest absolute Gasteiger partial charge is 0.369 e. The summed E-state index contributed by atoms with van der Waals surface area (Å²) in [5.74, 6) is 0.556. The van der Waals surface area contributed by atoms with Gasteiger partial charge in [-0.05, 0) is 12.5 Å². The number of nitrogens with two attached hydrogens (primary N) is 2. The predicted octanol–water partition coefficient (Wildman–Crippen LogP) is -0.343. The summed E-state index contributed by atoms with van der Waals surface area (Å²) in [6, 6.07) is 1.77. The summed E-state index contributed by atoms with van der Waals surface area (Å²) in [7, 11) is 0. The first-order valence-electron chi connectivity index (χ1n) is 7.94. The second kappa shape index (κ2) is 7.38. The van der Waals surface area contributed by atoms with E-state index >= 15 is 0 Å². The van der Waals surface area contributed by atoms with E-state index in [0.29, 0.717) is 42.5 Å². The molecule has 26 heavy (non-hydrogen) atoms. The van der Waals surface area contributed by atoms with Crippen molar-refractivity contribution in [1.29, 1.82) is 0 Å². The molecule has 3 rings (SSSR count). The maximum Gasteiger partial charge on any atom is 0.320 e.